The largest absolute Gasteiger partial charge is 0.497 e. The van der Waals surface area contributed by atoms with E-state index in [1.54, 1.807) is 18.2 Å². The van der Waals surface area contributed by atoms with E-state index in [9.17, 15) is 9.59 Å². The predicted octanol–water partition coefficient (Wildman–Crippen LogP) is 3.40. The fourth-order valence-corrected chi connectivity index (χ4v) is 2.70. The fraction of sp³-hybridized carbons (Fsp3) is 0.300. The first-order valence-electron chi connectivity index (χ1n) is 8.62. The van der Waals surface area contributed by atoms with Crippen molar-refractivity contribution in [2.75, 3.05) is 20.8 Å². The number of pyridine rings is 1. The van der Waals surface area contributed by atoms with E-state index >= 15 is 0 Å². The zero-order valence-electron chi connectivity index (χ0n) is 16.0. The van der Waals surface area contributed by atoms with E-state index < -0.39 is 18.4 Å². The van der Waals surface area contributed by atoms with Crippen molar-refractivity contribution in [3.63, 3.8) is 0 Å². The molecule has 2 heterocycles. The molecule has 1 aromatic carbocycles. The Kier molecular flexibility index (Phi) is 5.58. The van der Waals surface area contributed by atoms with Crippen LogP contribution in [-0.4, -0.2) is 42.7 Å². The van der Waals surface area contributed by atoms with Crippen LogP contribution in [-0.2, 0) is 4.74 Å². The minimum absolute atomic E-state index is 0.108. The third-order valence-electron chi connectivity index (χ3n) is 4.18. The number of esters is 1. The Labute approximate surface area is 161 Å². The first-order chi connectivity index (χ1) is 13.4. The Hall–Kier alpha value is -3.42. The molecule has 0 aliphatic carbocycles. The average molecular weight is 384 g/mol. The Morgan fingerprint density at radius 3 is 2.61 bits per heavy atom. The second kappa shape index (κ2) is 8.08. The second-order valence-electron chi connectivity index (χ2n) is 6.36. The lowest BCUT2D eigenvalue weighted by Crippen LogP contribution is -2.15. The van der Waals surface area contributed by atoms with Crippen LogP contribution in [0, 0.1) is 0 Å². The lowest BCUT2D eigenvalue weighted by molar-refractivity contribution is 0.0473. The fourth-order valence-electron chi connectivity index (χ4n) is 2.70. The Bertz CT molecular complexity index is 1020. The van der Waals surface area contributed by atoms with Crippen molar-refractivity contribution in [1.29, 1.82) is 0 Å². The molecule has 0 saturated carbocycles. The van der Waals surface area contributed by atoms with Gasteiger partial charge in [-0.2, -0.15) is 0 Å². The molecule has 3 rings (SSSR count). The molecule has 2 aromatic heterocycles. The molecule has 0 N–H and O–H groups in total. The SMILES string of the molecule is COc1ccc(OC)c(C(=O)COC(=O)c2cnc3onc(C(C)C)c3c2)c1. The number of Topliss-reactive ketones (excluding diaryl/α,β-unsaturated/α-hetero) is 1. The summed E-state index contributed by atoms with van der Waals surface area (Å²) < 4.78 is 20.6. The number of carbonyl (C=O) groups excluding carboxylic acids is 2. The van der Waals surface area contributed by atoms with Gasteiger partial charge in [0.1, 0.15) is 11.5 Å². The maximum Gasteiger partial charge on any atom is 0.340 e. The van der Waals surface area contributed by atoms with Gasteiger partial charge in [-0.05, 0) is 30.2 Å². The van der Waals surface area contributed by atoms with Gasteiger partial charge in [0.25, 0.3) is 5.71 Å². The summed E-state index contributed by atoms with van der Waals surface area (Å²) in [7, 11) is 2.95. The molecular formula is C20H20N2O6. The molecule has 8 heteroatoms. The van der Waals surface area contributed by atoms with Crippen LogP contribution in [0.2, 0.25) is 0 Å². The number of hydrogen-bond donors (Lipinski definition) is 0. The van der Waals surface area contributed by atoms with Crippen molar-refractivity contribution >= 4 is 22.9 Å². The number of benzene rings is 1. The highest BCUT2D eigenvalue weighted by molar-refractivity contribution is 6.02. The van der Waals surface area contributed by atoms with Crippen LogP contribution in [0.3, 0.4) is 0 Å². The number of rotatable bonds is 7. The molecule has 0 spiro atoms. The lowest BCUT2D eigenvalue weighted by atomic mass is 10.1. The summed E-state index contributed by atoms with van der Waals surface area (Å²) in [5, 5.41) is 4.62. The monoisotopic (exact) mass is 384 g/mol. The molecule has 8 nitrogen and oxygen atoms in total. The number of fused-ring (bicyclic) bond motifs is 1. The molecular weight excluding hydrogens is 364 g/mol. The van der Waals surface area contributed by atoms with E-state index in [0.717, 1.165) is 0 Å². The topological polar surface area (TPSA) is 101 Å². The molecule has 0 aliphatic rings. The van der Waals surface area contributed by atoms with Crippen molar-refractivity contribution in [2.45, 2.75) is 19.8 Å². The number of carbonyl (C=O) groups is 2. The van der Waals surface area contributed by atoms with Gasteiger partial charge in [-0.3, -0.25) is 4.79 Å². The van der Waals surface area contributed by atoms with Crippen molar-refractivity contribution in [3.05, 3.63) is 47.3 Å². The van der Waals surface area contributed by atoms with E-state index in [-0.39, 0.29) is 17.0 Å². The lowest BCUT2D eigenvalue weighted by Gasteiger charge is -2.10. The predicted molar refractivity (Wildman–Crippen MR) is 100 cm³/mol. The van der Waals surface area contributed by atoms with Gasteiger partial charge in [-0.15, -0.1) is 0 Å². The zero-order chi connectivity index (χ0) is 20.3. The van der Waals surface area contributed by atoms with Crippen LogP contribution < -0.4 is 9.47 Å². The number of ketones is 1. The van der Waals surface area contributed by atoms with Crippen molar-refractivity contribution in [3.8, 4) is 11.5 Å². The quantitative estimate of drug-likeness (QED) is 0.451. The molecule has 0 unspecified atom stereocenters. The van der Waals surface area contributed by atoms with Gasteiger partial charge in [0.05, 0.1) is 36.4 Å². The number of hydrogen-bond acceptors (Lipinski definition) is 8. The van der Waals surface area contributed by atoms with Crippen LogP contribution in [0.1, 0.15) is 46.2 Å². The molecule has 0 amide bonds. The zero-order valence-corrected chi connectivity index (χ0v) is 16.0. The maximum atomic E-state index is 12.5. The van der Waals surface area contributed by atoms with Gasteiger partial charge >= 0.3 is 5.97 Å². The van der Waals surface area contributed by atoms with E-state index in [1.165, 1.54) is 26.5 Å². The third-order valence-corrected chi connectivity index (χ3v) is 4.18. The van der Waals surface area contributed by atoms with Gasteiger partial charge in [0.2, 0.25) is 5.78 Å². The summed E-state index contributed by atoms with van der Waals surface area (Å²) >= 11 is 0. The number of ether oxygens (including phenoxy) is 3. The first-order valence-corrected chi connectivity index (χ1v) is 8.62. The van der Waals surface area contributed by atoms with Gasteiger partial charge in [0, 0.05) is 6.20 Å². The minimum Gasteiger partial charge on any atom is -0.497 e. The van der Waals surface area contributed by atoms with E-state index in [2.05, 4.69) is 10.1 Å². The van der Waals surface area contributed by atoms with E-state index in [4.69, 9.17) is 18.7 Å². The average Bonchev–Trinajstić information content (AvgIpc) is 3.14. The van der Waals surface area contributed by atoms with Gasteiger partial charge in [-0.25, -0.2) is 9.78 Å². The molecule has 3 aromatic rings. The number of aromatic nitrogens is 2. The Morgan fingerprint density at radius 1 is 1.14 bits per heavy atom. The number of nitrogens with zero attached hydrogens (tertiary/aromatic N) is 2. The first kappa shape index (κ1) is 19.3. The summed E-state index contributed by atoms with van der Waals surface area (Å²) in [4.78, 5) is 29.0. The van der Waals surface area contributed by atoms with Crippen LogP contribution in [0.4, 0.5) is 0 Å². The molecule has 0 bridgehead atoms. The number of methoxy groups -OCH3 is 2. The van der Waals surface area contributed by atoms with Crippen LogP contribution >= 0.6 is 0 Å². The normalized spacial score (nSPS) is 10.9. The smallest absolute Gasteiger partial charge is 0.340 e. The van der Waals surface area contributed by atoms with Crippen LogP contribution in [0.5, 0.6) is 11.5 Å². The van der Waals surface area contributed by atoms with Crippen LogP contribution in [0.25, 0.3) is 11.1 Å². The summed E-state index contributed by atoms with van der Waals surface area (Å²) in [5.74, 6) is -0.0993. The Balaban J connectivity index is 1.76. The standard InChI is InChI=1S/C20H20N2O6/c1-11(2)18-15-7-12(9-21-19(15)28-22-18)20(24)27-10-16(23)14-8-13(25-3)5-6-17(14)26-4/h5-9,11H,10H2,1-4H3. The molecule has 0 aliphatic heterocycles. The van der Waals surface area contributed by atoms with Crippen molar-refractivity contribution in [1.82, 2.24) is 10.1 Å². The maximum absolute atomic E-state index is 12.5. The summed E-state index contributed by atoms with van der Waals surface area (Å²) in [6, 6.07) is 6.43. The highest BCUT2D eigenvalue weighted by Gasteiger charge is 2.19. The highest BCUT2D eigenvalue weighted by Crippen LogP contribution is 2.26. The van der Waals surface area contributed by atoms with Gasteiger partial charge in [0.15, 0.2) is 6.61 Å². The minimum atomic E-state index is -0.666. The molecule has 0 saturated heterocycles. The van der Waals surface area contributed by atoms with Crippen molar-refractivity contribution < 1.29 is 28.3 Å². The highest BCUT2D eigenvalue weighted by atomic mass is 16.5. The van der Waals surface area contributed by atoms with Gasteiger partial charge in [-0.1, -0.05) is 19.0 Å². The third kappa shape index (κ3) is 3.80. The van der Waals surface area contributed by atoms with Crippen LogP contribution in [0.15, 0.2) is 35.0 Å². The molecule has 0 fully saturated rings. The second-order valence-corrected chi connectivity index (χ2v) is 6.36. The molecule has 0 radical (unpaired) electrons. The summed E-state index contributed by atoms with van der Waals surface area (Å²) in [5.41, 5.74) is 1.53. The van der Waals surface area contributed by atoms with E-state index in [0.29, 0.717) is 28.3 Å². The summed E-state index contributed by atoms with van der Waals surface area (Å²) in [6.07, 6.45) is 1.33. The molecule has 28 heavy (non-hydrogen) atoms. The van der Waals surface area contributed by atoms with Crippen molar-refractivity contribution in [2.24, 2.45) is 0 Å². The Morgan fingerprint density at radius 2 is 1.93 bits per heavy atom. The molecule has 146 valence electrons. The molecule has 0 atom stereocenters. The van der Waals surface area contributed by atoms with Gasteiger partial charge < -0.3 is 18.7 Å². The summed E-state index contributed by atoms with van der Waals surface area (Å²) in [6.45, 7) is 3.48. The van der Waals surface area contributed by atoms with E-state index in [1.807, 2.05) is 13.8 Å².